The van der Waals surface area contributed by atoms with Gasteiger partial charge in [-0.05, 0) is 23.8 Å². The fourth-order valence-electron chi connectivity index (χ4n) is 1.93. The summed E-state index contributed by atoms with van der Waals surface area (Å²) < 4.78 is 4.86. The van der Waals surface area contributed by atoms with Crippen LogP contribution in [-0.2, 0) is 20.7 Å². The lowest BCUT2D eigenvalue weighted by molar-refractivity contribution is -0.384. The summed E-state index contributed by atoms with van der Waals surface area (Å²) in [5.41, 5.74) is 0.310. The number of nitro benzene ring substituents is 1. The van der Waals surface area contributed by atoms with E-state index in [1.165, 1.54) is 18.2 Å². The van der Waals surface area contributed by atoms with Crippen LogP contribution in [-0.4, -0.2) is 23.4 Å². The van der Waals surface area contributed by atoms with Crippen LogP contribution in [0.3, 0.4) is 0 Å². The molecule has 2 aromatic rings. The summed E-state index contributed by atoms with van der Waals surface area (Å²) >= 11 is 17.6. The predicted octanol–water partition coefficient (Wildman–Crippen LogP) is 4.28. The molecule has 0 aliphatic carbocycles. The average molecular weight is 418 g/mol. The zero-order valence-corrected chi connectivity index (χ0v) is 15.3. The van der Waals surface area contributed by atoms with Crippen LogP contribution in [0.25, 0.3) is 0 Å². The largest absolute Gasteiger partial charge is 0.455 e. The molecule has 0 bridgehead atoms. The van der Waals surface area contributed by atoms with Gasteiger partial charge in [-0.2, -0.15) is 0 Å². The Labute approximate surface area is 162 Å². The van der Waals surface area contributed by atoms with Gasteiger partial charge in [0.2, 0.25) is 0 Å². The summed E-state index contributed by atoms with van der Waals surface area (Å²) in [4.78, 5) is 33.8. The van der Waals surface area contributed by atoms with Gasteiger partial charge in [-0.3, -0.25) is 19.7 Å². The minimum atomic E-state index is -0.692. The van der Waals surface area contributed by atoms with Crippen LogP contribution < -0.4 is 5.32 Å². The van der Waals surface area contributed by atoms with Gasteiger partial charge in [0.05, 0.1) is 22.1 Å². The number of nitrogens with zero attached hydrogens (tertiary/aromatic N) is 1. The maximum Gasteiger partial charge on any atom is 0.310 e. The molecule has 0 spiro atoms. The van der Waals surface area contributed by atoms with Gasteiger partial charge in [0.1, 0.15) is 0 Å². The molecule has 0 heterocycles. The topological polar surface area (TPSA) is 98.5 Å². The lowest BCUT2D eigenvalue weighted by Crippen LogP contribution is -2.22. The van der Waals surface area contributed by atoms with Gasteiger partial charge < -0.3 is 10.1 Å². The SMILES string of the molecule is O=C(COC(=O)Cc1ccc(Cl)cc1Cl)Nc1cc([N+](=O)[O-])ccc1Cl. The standard InChI is InChI=1S/C16H11Cl3N2O5/c17-10-2-1-9(13(19)6-10)5-16(23)26-8-15(22)20-14-7-11(21(24)25)3-4-12(14)18/h1-4,6-7H,5,8H2,(H,20,22). The van der Waals surface area contributed by atoms with Gasteiger partial charge in [-0.15, -0.1) is 0 Å². The van der Waals surface area contributed by atoms with Crippen molar-refractivity contribution in [3.05, 3.63) is 67.1 Å². The Morgan fingerprint density at radius 3 is 2.46 bits per heavy atom. The molecule has 0 aliphatic heterocycles. The molecule has 2 rings (SSSR count). The third kappa shape index (κ3) is 5.59. The van der Waals surface area contributed by atoms with E-state index in [9.17, 15) is 19.7 Å². The number of rotatable bonds is 6. The molecule has 0 unspecified atom stereocenters. The number of hydrogen-bond donors (Lipinski definition) is 1. The van der Waals surface area contributed by atoms with Crippen molar-refractivity contribution in [1.29, 1.82) is 0 Å². The van der Waals surface area contributed by atoms with Gasteiger partial charge in [-0.25, -0.2) is 0 Å². The van der Waals surface area contributed by atoms with Gasteiger partial charge >= 0.3 is 5.97 Å². The number of halogens is 3. The Balaban J connectivity index is 1.91. The minimum Gasteiger partial charge on any atom is -0.455 e. The fourth-order valence-corrected chi connectivity index (χ4v) is 2.57. The van der Waals surface area contributed by atoms with E-state index in [-0.39, 0.29) is 22.8 Å². The van der Waals surface area contributed by atoms with Crippen molar-refractivity contribution in [2.24, 2.45) is 0 Å². The Bertz CT molecular complexity index is 873. The molecular formula is C16H11Cl3N2O5. The Hall–Kier alpha value is -2.35. The molecule has 0 aromatic heterocycles. The second kappa shape index (κ2) is 8.84. The zero-order valence-electron chi connectivity index (χ0n) is 13.0. The summed E-state index contributed by atoms with van der Waals surface area (Å²) in [5.74, 6) is -1.36. The highest BCUT2D eigenvalue weighted by atomic mass is 35.5. The lowest BCUT2D eigenvalue weighted by Gasteiger charge is -2.09. The minimum absolute atomic E-state index is 0.0441. The van der Waals surface area contributed by atoms with Crippen LogP contribution in [0.5, 0.6) is 0 Å². The molecule has 0 fully saturated rings. The molecule has 0 aliphatic rings. The second-order valence-corrected chi connectivity index (χ2v) is 6.29. The fraction of sp³-hybridized carbons (Fsp3) is 0.125. The van der Waals surface area contributed by atoms with E-state index >= 15 is 0 Å². The van der Waals surface area contributed by atoms with Gasteiger partial charge in [0.15, 0.2) is 6.61 Å². The molecule has 0 saturated heterocycles. The normalized spacial score (nSPS) is 10.3. The summed E-state index contributed by atoms with van der Waals surface area (Å²) in [6, 6.07) is 8.23. The summed E-state index contributed by atoms with van der Waals surface area (Å²) in [5, 5.41) is 13.9. The highest BCUT2D eigenvalue weighted by Crippen LogP contribution is 2.26. The summed E-state index contributed by atoms with van der Waals surface area (Å²) in [6.45, 7) is -0.580. The maximum atomic E-state index is 11.9. The monoisotopic (exact) mass is 416 g/mol. The van der Waals surface area contributed by atoms with E-state index < -0.39 is 23.4 Å². The van der Waals surface area contributed by atoms with E-state index in [1.807, 2.05) is 0 Å². The molecule has 0 radical (unpaired) electrons. The van der Waals surface area contributed by atoms with Crippen molar-refractivity contribution in [3.8, 4) is 0 Å². The number of nitro groups is 1. The molecule has 26 heavy (non-hydrogen) atoms. The van der Waals surface area contributed by atoms with Crippen molar-refractivity contribution in [2.75, 3.05) is 11.9 Å². The molecule has 136 valence electrons. The highest BCUT2D eigenvalue weighted by Gasteiger charge is 2.14. The second-order valence-electron chi connectivity index (χ2n) is 5.04. The van der Waals surface area contributed by atoms with Gasteiger partial charge in [-0.1, -0.05) is 40.9 Å². The van der Waals surface area contributed by atoms with Crippen LogP contribution in [0.2, 0.25) is 15.1 Å². The van der Waals surface area contributed by atoms with Crippen molar-refractivity contribution in [3.63, 3.8) is 0 Å². The number of ether oxygens (including phenoxy) is 1. The van der Waals surface area contributed by atoms with Crippen LogP contribution >= 0.6 is 34.8 Å². The number of non-ortho nitro benzene ring substituents is 1. The van der Waals surface area contributed by atoms with Crippen LogP contribution in [0, 0.1) is 10.1 Å². The number of benzene rings is 2. The molecule has 7 nitrogen and oxygen atoms in total. The van der Waals surface area contributed by atoms with Gasteiger partial charge in [0, 0.05) is 22.2 Å². The first-order chi connectivity index (χ1) is 12.3. The number of carbonyl (C=O) groups excluding carboxylic acids is 2. The highest BCUT2D eigenvalue weighted by molar-refractivity contribution is 6.35. The van der Waals surface area contributed by atoms with E-state index in [0.717, 1.165) is 6.07 Å². The first-order valence-electron chi connectivity index (χ1n) is 7.09. The molecule has 0 saturated carbocycles. The van der Waals surface area contributed by atoms with Crippen molar-refractivity contribution in [1.82, 2.24) is 0 Å². The van der Waals surface area contributed by atoms with Gasteiger partial charge in [0.25, 0.3) is 11.6 Å². The Morgan fingerprint density at radius 2 is 1.81 bits per heavy atom. The summed E-state index contributed by atoms with van der Waals surface area (Å²) in [7, 11) is 0. The quantitative estimate of drug-likeness (QED) is 0.430. The first kappa shape index (κ1) is 20.0. The third-order valence-corrected chi connectivity index (χ3v) is 4.07. The molecule has 1 amide bonds. The number of carbonyl (C=O) groups is 2. The molecule has 2 aromatic carbocycles. The van der Waals surface area contributed by atoms with Crippen molar-refractivity contribution in [2.45, 2.75) is 6.42 Å². The zero-order chi connectivity index (χ0) is 19.3. The smallest absolute Gasteiger partial charge is 0.310 e. The number of hydrogen-bond acceptors (Lipinski definition) is 5. The van der Waals surface area contributed by atoms with E-state index in [1.54, 1.807) is 12.1 Å². The van der Waals surface area contributed by atoms with Crippen LogP contribution in [0.15, 0.2) is 36.4 Å². The van der Waals surface area contributed by atoms with Crippen LogP contribution in [0.1, 0.15) is 5.56 Å². The lowest BCUT2D eigenvalue weighted by atomic mass is 10.1. The summed E-state index contributed by atoms with van der Waals surface area (Å²) in [6.07, 6.45) is -0.138. The molecule has 10 heteroatoms. The third-order valence-electron chi connectivity index (χ3n) is 3.15. The molecule has 0 atom stereocenters. The van der Waals surface area contributed by atoms with E-state index in [4.69, 9.17) is 39.5 Å². The van der Waals surface area contributed by atoms with Crippen LogP contribution in [0.4, 0.5) is 11.4 Å². The number of amides is 1. The van der Waals surface area contributed by atoms with Crippen molar-refractivity contribution >= 4 is 58.1 Å². The molecule has 1 N–H and O–H groups in total. The Morgan fingerprint density at radius 1 is 1.08 bits per heavy atom. The molecular weight excluding hydrogens is 407 g/mol. The van der Waals surface area contributed by atoms with Crippen molar-refractivity contribution < 1.29 is 19.2 Å². The predicted molar refractivity (Wildman–Crippen MR) is 97.9 cm³/mol. The maximum absolute atomic E-state index is 11.9. The first-order valence-corrected chi connectivity index (χ1v) is 8.23. The average Bonchev–Trinajstić information content (AvgIpc) is 2.57. The van der Waals surface area contributed by atoms with E-state index in [2.05, 4.69) is 5.32 Å². The number of nitrogens with one attached hydrogen (secondary N) is 1. The number of anilines is 1. The Kier molecular flexibility index (Phi) is 6.79. The number of esters is 1. The van der Waals surface area contributed by atoms with E-state index in [0.29, 0.717) is 15.6 Å².